The molecule has 0 saturated heterocycles. The molecule has 0 radical (unpaired) electrons. The average molecular weight is 329 g/mol. The Morgan fingerprint density at radius 3 is 2.44 bits per heavy atom. The minimum atomic E-state index is -0.595. The van der Waals surface area contributed by atoms with E-state index in [1.54, 1.807) is 12.1 Å². The third kappa shape index (κ3) is 2.54. The number of benzene rings is 2. The Hall–Kier alpha value is -1.39. The number of hydrogen-bond acceptors (Lipinski definition) is 2. The Kier molecular flexibility index (Phi) is 3.68. The first-order valence-electron chi connectivity index (χ1n) is 5.04. The Balaban J connectivity index is 2.48. The Morgan fingerprint density at radius 1 is 1.17 bits per heavy atom. The second-order valence-electron chi connectivity index (χ2n) is 3.69. The molecule has 0 spiro atoms. The van der Waals surface area contributed by atoms with Crippen LogP contribution in [-0.2, 0) is 0 Å². The second kappa shape index (κ2) is 5.08. The number of carbonyl (C=O) groups excluding carboxylic acids is 1. The zero-order valence-corrected chi connectivity index (χ0v) is 11.4. The van der Waals surface area contributed by atoms with Gasteiger partial charge in [0.15, 0.2) is 5.78 Å². The predicted octanol–water partition coefficient (Wildman–Crippen LogP) is 4.05. The van der Waals surface area contributed by atoms with E-state index in [0.29, 0.717) is 10.2 Å². The molecule has 2 N–H and O–H groups in total. The summed E-state index contributed by atoms with van der Waals surface area (Å²) in [6.45, 7) is 0. The number of nitrogens with two attached hydrogens (primary N) is 1. The predicted molar refractivity (Wildman–Crippen MR) is 73.4 cm³/mol. The third-order valence-electron chi connectivity index (χ3n) is 2.41. The van der Waals surface area contributed by atoms with Gasteiger partial charge < -0.3 is 5.73 Å². The molecule has 18 heavy (non-hydrogen) atoms. The minimum Gasteiger partial charge on any atom is -0.399 e. The molecule has 92 valence electrons. The molecule has 0 aliphatic carbocycles. The van der Waals surface area contributed by atoms with Gasteiger partial charge in [-0.1, -0.05) is 27.5 Å². The molecule has 0 amide bonds. The highest BCUT2D eigenvalue weighted by Crippen LogP contribution is 2.24. The summed E-state index contributed by atoms with van der Waals surface area (Å²) in [6, 6.07) is 8.75. The fourth-order valence-electron chi connectivity index (χ4n) is 1.53. The lowest BCUT2D eigenvalue weighted by atomic mass is 10.0. The largest absolute Gasteiger partial charge is 0.399 e. The molecular formula is C13H8BrClFNO. The maximum absolute atomic E-state index is 13.7. The highest BCUT2D eigenvalue weighted by atomic mass is 79.9. The lowest BCUT2D eigenvalue weighted by Gasteiger charge is -2.06. The van der Waals surface area contributed by atoms with Crippen LogP contribution in [0.2, 0.25) is 5.02 Å². The molecule has 0 atom stereocenters. The Bertz CT molecular complexity index is 577. The lowest BCUT2D eigenvalue weighted by molar-refractivity contribution is 0.103. The van der Waals surface area contributed by atoms with Gasteiger partial charge in [-0.05, 0) is 36.4 Å². The van der Waals surface area contributed by atoms with Gasteiger partial charge in [-0.25, -0.2) is 4.39 Å². The first kappa shape index (κ1) is 13.1. The topological polar surface area (TPSA) is 43.1 Å². The van der Waals surface area contributed by atoms with E-state index < -0.39 is 11.6 Å². The van der Waals surface area contributed by atoms with Gasteiger partial charge in [0.1, 0.15) is 5.82 Å². The molecule has 0 aromatic heterocycles. The van der Waals surface area contributed by atoms with Crippen molar-refractivity contribution in [2.75, 3.05) is 5.73 Å². The maximum Gasteiger partial charge on any atom is 0.197 e. The average Bonchev–Trinajstić information content (AvgIpc) is 2.28. The standard InChI is InChI=1S/C13H8BrClFNO/c14-7-1-3-10(12(16)5-7)13(18)9-4-2-8(17)6-11(9)15/h1-6H,17H2. The number of nitrogen functional groups attached to an aromatic ring is 1. The number of carbonyl (C=O) groups is 1. The van der Waals surface area contributed by atoms with Gasteiger partial charge >= 0.3 is 0 Å². The van der Waals surface area contributed by atoms with Crippen LogP contribution in [0.5, 0.6) is 0 Å². The Labute approximate surface area is 117 Å². The summed E-state index contributed by atoms with van der Waals surface area (Å²) < 4.78 is 14.2. The molecule has 0 aliphatic rings. The van der Waals surface area contributed by atoms with Gasteiger partial charge in [-0.15, -0.1) is 0 Å². The molecule has 2 nitrogen and oxygen atoms in total. The fraction of sp³-hybridized carbons (Fsp3) is 0. The monoisotopic (exact) mass is 327 g/mol. The smallest absolute Gasteiger partial charge is 0.197 e. The van der Waals surface area contributed by atoms with E-state index >= 15 is 0 Å². The molecular weight excluding hydrogens is 321 g/mol. The summed E-state index contributed by atoms with van der Waals surface area (Å²) in [7, 11) is 0. The van der Waals surface area contributed by atoms with Crippen molar-refractivity contribution in [3.8, 4) is 0 Å². The summed E-state index contributed by atoms with van der Waals surface area (Å²) in [5.41, 5.74) is 6.20. The summed E-state index contributed by atoms with van der Waals surface area (Å²) in [6.07, 6.45) is 0. The van der Waals surface area contributed by atoms with E-state index in [4.69, 9.17) is 17.3 Å². The van der Waals surface area contributed by atoms with Crippen LogP contribution >= 0.6 is 27.5 Å². The molecule has 0 heterocycles. The van der Waals surface area contributed by atoms with E-state index in [1.165, 1.54) is 24.3 Å². The van der Waals surface area contributed by atoms with Gasteiger partial charge in [0.25, 0.3) is 0 Å². The molecule has 2 aromatic carbocycles. The Morgan fingerprint density at radius 2 is 1.83 bits per heavy atom. The fourth-order valence-corrected chi connectivity index (χ4v) is 2.14. The van der Waals surface area contributed by atoms with E-state index in [0.717, 1.165) is 0 Å². The number of hydrogen-bond donors (Lipinski definition) is 1. The van der Waals surface area contributed by atoms with Gasteiger partial charge in [0, 0.05) is 15.7 Å². The molecule has 0 aliphatic heterocycles. The summed E-state index contributed by atoms with van der Waals surface area (Å²) >= 11 is 9.06. The van der Waals surface area contributed by atoms with E-state index in [-0.39, 0.29) is 16.1 Å². The van der Waals surface area contributed by atoms with Crippen molar-refractivity contribution in [1.29, 1.82) is 0 Å². The van der Waals surface area contributed by atoms with Crippen molar-refractivity contribution < 1.29 is 9.18 Å². The van der Waals surface area contributed by atoms with E-state index in [2.05, 4.69) is 15.9 Å². The molecule has 0 unspecified atom stereocenters. The van der Waals surface area contributed by atoms with Crippen LogP contribution in [0.15, 0.2) is 40.9 Å². The first-order valence-corrected chi connectivity index (χ1v) is 6.21. The van der Waals surface area contributed by atoms with Crippen LogP contribution in [0.4, 0.5) is 10.1 Å². The SMILES string of the molecule is Nc1ccc(C(=O)c2ccc(Br)cc2F)c(Cl)c1. The first-order chi connectivity index (χ1) is 8.49. The lowest BCUT2D eigenvalue weighted by Crippen LogP contribution is -2.05. The van der Waals surface area contributed by atoms with Crippen LogP contribution in [0.25, 0.3) is 0 Å². The third-order valence-corrected chi connectivity index (χ3v) is 3.22. The van der Waals surface area contributed by atoms with E-state index in [1.807, 2.05) is 0 Å². The highest BCUT2D eigenvalue weighted by molar-refractivity contribution is 9.10. The second-order valence-corrected chi connectivity index (χ2v) is 5.02. The van der Waals surface area contributed by atoms with Crippen LogP contribution in [-0.4, -0.2) is 5.78 Å². The highest BCUT2D eigenvalue weighted by Gasteiger charge is 2.16. The zero-order chi connectivity index (χ0) is 13.3. The molecule has 0 fully saturated rings. The number of ketones is 1. The normalized spacial score (nSPS) is 10.4. The number of anilines is 1. The molecule has 0 saturated carbocycles. The van der Waals surface area contributed by atoms with Gasteiger partial charge in [-0.3, -0.25) is 4.79 Å². The van der Waals surface area contributed by atoms with Crippen LogP contribution in [0.3, 0.4) is 0 Å². The van der Waals surface area contributed by atoms with Crippen LogP contribution in [0, 0.1) is 5.82 Å². The summed E-state index contributed by atoms with van der Waals surface area (Å²) in [5, 5.41) is 0.210. The van der Waals surface area contributed by atoms with Crippen molar-refractivity contribution in [3.63, 3.8) is 0 Å². The maximum atomic E-state index is 13.7. The zero-order valence-electron chi connectivity index (χ0n) is 9.08. The molecule has 5 heteroatoms. The molecule has 2 rings (SSSR count). The molecule has 2 aromatic rings. The van der Waals surface area contributed by atoms with Crippen molar-refractivity contribution in [2.45, 2.75) is 0 Å². The van der Waals surface area contributed by atoms with Crippen molar-refractivity contribution >= 4 is 39.0 Å². The van der Waals surface area contributed by atoms with Crippen LogP contribution in [0.1, 0.15) is 15.9 Å². The van der Waals surface area contributed by atoms with E-state index in [9.17, 15) is 9.18 Å². The van der Waals surface area contributed by atoms with Crippen LogP contribution < -0.4 is 5.73 Å². The number of rotatable bonds is 2. The van der Waals surface area contributed by atoms with Crippen molar-refractivity contribution in [3.05, 3.63) is 62.8 Å². The molecule has 0 bridgehead atoms. The van der Waals surface area contributed by atoms with Gasteiger partial charge in [0.2, 0.25) is 0 Å². The number of halogens is 3. The minimum absolute atomic E-state index is 0.0233. The van der Waals surface area contributed by atoms with Crippen molar-refractivity contribution in [2.24, 2.45) is 0 Å². The van der Waals surface area contributed by atoms with Gasteiger partial charge in [0.05, 0.1) is 10.6 Å². The quantitative estimate of drug-likeness (QED) is 0.667. The summed E-state index contributed by atoms with van der Waals surface area (Å²) in [5.74, 6) is -1.06. The van der Waals surface area contributed by atoms with Crippen molar-refractivity contribution in [1.82, 2.24) is 0 Å². The summed E-state index contributed by atoms with van der Waals surface area (Å²) in [4.78, 5) is 12.1. The van der Waals surface area contributed by atoms with Gasteiger partial charge in [-0.2, -0.15) is 0 Å².